The molecule has 0 aromatic heterocycles. The summed E-state index contributed by atoms with van der Waals surface area (Å²) in [6.07, 6.45) is -2.62. The van der Waals surface area contributed by atoms with Gasteiger partial charge in [-0.15, -0.1) is 11.8 Å². The van der Waals surface area contributed by atoms with Crippen LogP contribution < -0.4 is 5.32 Å². The van der Waals surface area contributed by atoms with E-state index in [0.717, 1.165) is 22.6 Å². The van der Waals surface area contributed by atoms with Gasteiger partial charge in [-0.25, -0.2) is 0 Å². The number of likely N-dealkylation sites (N-methyl/N-ethyl adjacent to an activating group) is 1. The van der Waals surface area contributed by atoms with E-state index in [9.17, 15) is 18.0 Å². The third-order valence-corrected chi connectivity index (χ3v) is 5.16. The summed E-state index contributed by atoms with van der Waals surface area (Å²) >= 11 is 7.30. The molecule has 0 radical (unpaired) electrons. The number of alkyl halides is 3. The van der Waals surface area contributed by atoms with Crippen LogP contribution in [0.3, 0.4) is 0 Å². The SMILES string of the molecule is CSc1ccc(CN(C)C(C)C(=O)Nc2ccc(Cl)cc2C(F)(F)F)cc1. The van der Waals surface area contributed by atoms with Crippen molar-refractivity contribution in [2.24, 2.45) is 0 Å². The van der Waals surface area contributed by atoms with E-state index in [1.165, 1.54) is 6.07 Å². The summed E-state index contributed by atoms with van der Waals surface area (Å²) < 4.78 is 39.5. The van der Waals surface area contributed by atoms with Crippen molar-refractivity contribution in [1.82, 2.24) is 4.90 Å². The number of anilines is 1. The van der Waals surface area contributed by atoms with Gasteiger partial charge in [-0.3, -0.25) is 9.69 Å². The van der Waals surface area contributed by atoms with Crippen molar-refractivity contribution in [2.45, 2.75) is 30.6 Å². The molecule has 0 fully saturated rings. The highest BCUT2D eigenvalue weighted by molar-refractivity contribution is 7.98. The normalized spacial score (nSPS) is 12.9. The zero-order valence-electron chi connectivity index (χ0n) is 15.1. The first kappa shape index (κ1) is 21.6. The minimum absolute atomic E-state index is 0.0424. The summed E-state index contributed by atoms with van der Waals surface area (Å²) in [6, 6.07) is 10.6. The smallest absolute Gasteiger partial charge is 0.324 e. The van der Waals surface area contributed by atoms with E-state index in [4.69, 9.17) is 11.6 Å². The van der Waals surface area contributed by atoms with Crippen LogP contribution >= 0.6 is 23.4 Å². The van der Waals surface area contributed by atoms with Crippen molar-refractivity contribution >= 4 is 35.0 Å². The highest BCUT2D eigenvalue weighted by Crippen LogP contribution is 2.36. The van der Waals surface area contributed by atoms with Crippen LogP contribution in [-0.4, -0.2) is 30.2 Å². The molecule has 0 aliphatic rings. The van der Waals surface area contributed by atoms with Gasteiger partial charge >= 0.3 is 6.18 Å². The second-order valence-electron chi connectivity index (χ2n) is 6.12. The van der Waals surface area contributed by atoms with E-state index in [-0.39, 0.29) is 10.7 Å². The van der Waals surface area contributed by atoms with Crippen LogP contribution in [0.5, 0.6) is 0 Å². The molecule has 1 amide bonds. The fraction of sp³-hybridized carbons (Fsp3) is 0.316. The Morgan fingerprint density at radius 1 is 1.22 bits per heavy atom. The van der Waals surface area contributed by atoms with E-state index < -0.39 is 23.7 Å². The van der Waals surface area contributed by atoms with E-state index in [0.29, 0.717) is 6.54 Å². The van der Waals surface area contributed by atoms with Gasteiger partial charge in [0.05, 0.1) is 17.3 Å². The average molecular weight is 417 g/mol. The highest BCUT2D eigenvalue weighted by atomic mass is 35.5. The Morgan fingerprint density at radius 2 is 1.85 bits per heavy atom. The predicted molar refractivity (Wildman–Crippen MR) is 104 cm³/mol. The van der Waals surface area contributed by atoms with Crippen molar-refractivity contribution in [1.29, 1.82) is 0 Å². The van der Waals surface area contributed by atoms with Gasteiger partial charge in [-0.1, -0.05) is 23.7 Å². The van der Waals surface area contributed by atoms with Crippen molar-refractivity contribution in [3.63, 3.8) is 0 Å². The van der Waals surface area contributed by atoms with Crippen molar-refractivity contribution in [2.75, 3.05) is 18.6 Å². The van der Waals surface area contributed by atoms with Gasteiger partial charge in [0.1, 0.15) is 0 Å². The molecule has 0 heterocycles. The number of nitrogens with one attached hydrogen (secondary N) is 1. The largest absolute Gasteiger partial charge is 0.418 e. The number of carbonyl (C=O) groups is 1. The van der Waals surface area contributed by atoms with Gasteiger partial charge in [-0.2, -0.15) is 13.2 Å². The molecule has 0 aliphatic heterocycles. The number of hydrogen-bond donors (Lipinski definition) is 1. The third-order valence-electron chi connectivity index (χ3n) is 4.18. The van der Waals surface area contributed by atoms with Crippen LogP contribution in [0.1, 0.15) is 18.1 Å². The second-order valence-corrected chi connectivity index (χ2v) is 7.43. The number of benzene rings is 2. The molecule has 0 aliphatic carbocycles. The molecule has 8 heteroatoms. The topological polar surface area (TPSA) is 32.3 Å². The first-order valence-electron chi connectivity index (χ1n) is 8.12. The zero-order chi connectivity index (χ0) is 20.2. The number of rotatable bonds is 6. The summed E-state index contributed by atoms with van der Waals surface area (Å²) in [5.74, 6) is -0.522. The van der Waals surface area contributed by atoms with Gasteiger partial charge < -0.3 is 5.32 Å². The Bertz CT molecular complexity index is 797. The summed E-state index contributed by atoms with van der Waals surface area (Å²) in [7, 11) is 1.75. The molecule has 0 spiro atoms. The van der Waals surface area contributed by atoms with Crippen LogP contribution in [0.2, 0.25) is 5.02 Å². The summed E-state index contributed by atoms with van der Waals surface area (Å²) in [6.45, 7) is 2.14. The fourth-order valence-electron chi connectivity index (χ4n) is 2.45. The maximum atomic E-state index is 13.2. The molecule has 2 rings (SSSR count). The molecule has 1 unspecified atom stereocenters. The number of halogens is 4. The van der Waals surface area contributed by atoms with Gasteiger partial charge in [0, 0.05) is 16.5 Å². The number of amides is 1. The van der Waals surface area contributed by atoms with Crippen LogP contribution in [-0.2, 0) is 17.5 Å². The number of carbonyl (C=O) groups excluding carboxylic acids is 1. The minimum Gasteiger partial charge on any atom is -0.324 e. The van der Waals surface area contributed by atoms with E-state index in [1.807, 2.05) is 30.5 Å². The lowest BCUT2D eigenvalue weighted by Crippen LogP contribution is -2.39. The van der Waals surface area contributed by atoms with E-state index >= 15 is 0 Å². The predicted octanol–water partition coefficient (Wildman–Crippen LogP) is 5.54. The van der Waals surface area contributed by atoms with Crippen molar-refractivity contribution < 1.29 is 18.0 Å². The maximum absolute atomic E-state index is 13.2. The zero-order valence-corrected chi connectivity index (χ0v) is 16.7. The third kappa shape index (κ3) is 5.89. The Labute approximate surface area is 165 Å². The van der Waals surface area contributed by atoms with Crippen molar-refractivity contribution in [3.8, 4) is 0 Å². The standard InChI is InChI=1S/C19H20ClF3N2OS/c1-12(25(2)11-13-4-7-15(27-3)8-5-13)18(26)24-17-9-6-14(20)10-16(17)19(21,22)23/h4-10,12H,11H2,1-3H3,(H,24,26). The molecule has 0 saturated heterocycles. The number of thioether (sulfide) groups is 1. The second kappa shape index (κ2) is 8.99. The molecule has 2 aromatic carbocycles. The lowest BCUT2D eigenvalue weighted by Gasteiger charge is -2.24. The summed E-state index contributed by atoms with van der Waals surface area (Å²) in [5, 5.41) is 2.32. The molecular formula is C19H20ClF3N2OS. The molecule has 0 bridgehead atoms. The lowest BCUT2D eigenvalue weighted by atomic mass is 10.1. The Morgan fingerprint density at radius 3 is 2.41 bits per heavy atom. The molecule has 146 valence electrons. The lowest BCUT2D eigenvalue weighted by molar-refractivity contribution is -0.137. The van der Waals surface area contributed by atoms with E-state index in [1.54, 1.807) is 30.6 Å². The Hall–Kier alpha value is -1.70. The van der Waals surface area contributed by atoms with Crippen LogP contribution in [0, 0.1) is 0 Å². The summed E-state index contributed by atoms with van der Waals surface area (Å²) in [4.78, 5) is 15.4. The molecule has 1 atom stereocenters. The van der Waals surface area contributed by atoms with Gasteiger partial charge in [0.15, 0.2) is 0 Å². The first-order valence-corrected chi connectivity index (χ1v) is 9.73. The molecule has 1 N–H and O–H groups in total. The minimum atomic E-state index is -4.61. The number of hydrogen-bond acceptors (Lipinski definition) is 3. The average Bonchev–Trinajstić information content (AvgIpc) is 2.62. The fourth-order valence-corrected chi connectivity index (χ4v) is 3.03. The molecule has 2 aromatic rings. The molecule has 3 nitrogen and oxygen atoms in total. The van der Waals surface area contributed by atoms with Crippen LogP contribution in [0.15, 0.2) is 47.4 Å². The molecule has 27 heavy (non-hydrogen) atoms. The van der Waals surface area contributed by atoms with E-state index in [2.05, 4.69) is 5.32 Å². The van der Waals surface area contributed by atoms with Gasteiger partial charge in [-0.05, 0) is 56.1 Å². The monoisotopic (exact) mass is 416 g/mol. The van der Waals surface area contributed by atoms with Crippen molar-refractivity contribution in [3.05, 3.63) is 58.6 Å². The van der Waals surface area contributed by atoms with Crippen LogP contribution in [0.4, 0.5) is 18.9 Å². The van der Waals surface area contributed by atoms with Gasteiger partial charge in [0.25, 0.3) is 0 Å². The van der Waals surface area contributed by atoms with Crippen LogP contribution in [0.25, 0.3) is 0 Å². The first-order chi connectivity index (χ1) is 12.6. The quantitative estimate of drug-likeness (QED) is 0.627. The van der Waals surface area contributed by atoms with Gasteiger partial charge in [0.2, 0.25) is 5.91 Å². The number of nitrogens with zero attached hydrogens (tertiary/aromatic N) is 1. The Balaban J connectivity index is 2.08. The molecule has 0 saturated carbocycles. The Kier molecular flexibility index (Phi) is 7.19. The highest BCUT2D eigenvalue weighted by Gasteiger charge is 2.34. The molecular weight excluding hydrogens is 397 g/mol. The summed E-state index contributed by atoms with van der Waals surface area (Å²) in [5.41, 5.74) is -0.259. The maximum Gasteiger partial charge on any atom is 0.418 e.